The predicted octanol–water partition coefficient (Wildman–Crippen LogP) is 3.41. The second kappa shape index (κ2) is 5.84. The molecule has 6 heteroatoms. The molecular weight excluding hydrogens is 296 g/mol. The Labute approximate surface area is 127 Å². The molecule has 2 heterocycles. The van der Waals surface area contributed by atoms with Crippen molar-refractivity contribution in [1.82, 2.24) is 0 Å². The van der Waals surface area contributed by atoms with E-state index in [0.717, 1.165) is 48.4 Å². The second-order valence-electron chi connectivity index (χ2n) is 5.01. The van der Waals surface area contributed by atoms with Gasteiger partial charge >= 0.3 is 0 Å². The van der Waals surface area contributed by atoms with Gasteiger partial charge in [0.2, 0.25) is 0 Å². The summed E-state index contributed by atoms with van der Waals surface area (Å²) in [4.78, 5) is 4.86. The lowest BCUT2D eigenvalue weighted by atomic mass is 9.93. The van der Waals surface area contributed by atoms with Crippen molar-refractivity contribution in [2.45, 2.75) is 18.4 Å². The summed E-state index contributed by atoms with van der Waals surface area (Å²) in [6.07, 6.45) is 1.99. The second-order valence-corrected chi connectivity index (χ2v) is 6.38. The topological polar surface area (TPSA) is 42.8 Å². The van der Waals surface area contributed by atoms with Gasteiger partial charge in [-0.25, -0.2) is 0 Å². The highest BCUT2D eigenvalue weighted by Crippen LogP contribution is 2.37. The van der Waals surface area contributed by atoms with Crippen LogP contribution in [-0.2, 0) is 4.74 Å². The number of hydrogen-bond acceptors (Lipinski definition) is 5. The largest absolute Gasteiger partial charge is 0.497 e. The third-order valence-electron chi connectivity index (χ3n) is 3.65. The van der Waals surface area contributed by atoms with Crippen molar-refractivity contribution >= 4 is 34.2 Å². The van der Waals surface area contributed by atoms with Crippen molar-refractivity contribution in [2.75, 3.05) is 31.4 Å². The highest BCUT2D eigenvalue weighted by Gasteiger charge is 2.37. The molecule has 4 nitrogen and oxygen atoms in total. The van der Waals surface area contributed by atoms with Gasteiger partial charge in [0.05, 0.1) is 23.4 Å². The van der Waals surface area contributed by atoms with Crippen LogP contribution in [0.4, 0.5) is 5.69 Å². The van der Waals surface area contributed by atoms with Crippen molar-refractivity contribution in [1.29, 1.82) is 0 Å². The number of halogens is 1. The molecule has 2 aliphatic heterocycles. The van der Waals surface area contributed by atoms with Crippen molar-refractivity contribution in [2.24, 2.45) is 4.99 Å². The zero-order valence-electron chi connectivity index (χ0n) is 11.3. The molecule has 0 aromatic heterocycles. The summed E-state index contributed by atoms with van der Waals surface area (Å²) in [5, 5.41) is 4.92. The Bertz CT molecular complexity index is 530. The van der Waals surface area contributed by atoms with E-state index in [-0.39, 0.29) is 5.54 Å². The molecule has 0 aliphatic carbocycles. The molecular formula is C14H17ClN2O2S. The average molecular weight is 313 g/mol. The number of benzene rings is 1. The third-order valence-corrected chi connectivity index (χ3v) is 5.13. The maximum atomic E-state index is 6.21. The van der Waals surface area contributed by atoms with Crippen LogP contribution < -0.4 is 10.1 Å². The molecule has 0 bridgehead atoms. The monoisotopic (exact) mass is 312 g/mol. The number of nitrogens with one attached hydrogen (secondary N) is 1. The number of rotatable bonds is 2. The fourth-order valence-electron chi connectivity index (χ4n) is 2.40. The minimum absolute atomic E-state index is 0.0522. The Morgan fingerprint density at radius 2 is 2.20 bits per heavy atom. The first kappa shape index (κ1) is 14.0. The Balaban J connectivity index is 1.76. The van der Waals surface area contributed by atoms with Crippen LogP contribution in [0.1, 0.15) is 12.8 Å². The molecule has 3 rings (SSSR count). The van der Waals surface area contributed by atoms with Crippen LogP contribution in [-0.4, -0.2) is 36.8 Å². The smallest absolute Gasteiger partial charge is 0.161 e. The maximum absolute atomic E-state index is 6.21. The quantitative estimate of drug-likeness (QED) is 0.908. The van der Waals surface area contributed by atoms with Crippen LogP contribution >= 0.6 is 23.4 Å². The summed E-state index contributed by atoms with van der Waals surface area (Å²) >= 11 is 7.96. The summed E-state index contributed by atoms with van der Waals surface area (Å²) in [5.41, 5.74) is 0.887. The van der Waals surface area contributed by atoms with Gasteiger partial charge < -0.3 is 14.8 Å². The van der Waals surface area contributed by atoms with Gasteiger partial charge in [-0.05, 0) is 25.0 Å². The van der Waals surface area contributed by atoms with Crippen molar-refractivity contribution < 1.29 is 9.47 Å². The molecule has 20 heavy (non-hydrogen) atoms. The standard InChI is InChI=1S/C14H17ClN2O2S/c1-18-10-2-3-11(15)12(8-10)16-13-17-14(9-20-13)4-6-19-7-5-14/h2-3,8H,4-7,9H2,1H3,(H,16,17). The van der Waals surface area contributed by atoms with Gasteiger partial charge in [0, 0.05) is 25.0 Å². The van der Waals surface area contributed by atoms with Crippen molar-refractivity contribution in [3.63, 3.8) is 0 Å². The molecule has 0 amide bonds. The molecule has 1 N–H and O–H groups in total. The Morgan fingerprint density at radius 1 is 1.40 bits per heavy atom. The molecule has 0 atom stereocenters. The minimum atomic E-state index is 0.0522. The number of thioether (sulfide) groups is 1. The highest BCUT2D eigenvalue weighted by molar-refractivity contribution is 8.14. The van der Waals surface area contributed by atoms with Crippen LogP contribution in [0.5, 0.6) is 5.75 Å². The average Bonchev–Trinajstić information content (AvgIpc) is 2.84. The van der Waals surface area contributed by atoms with Crippen LogP contribution in [0, 0.1) is 0 Å². The van der Waals surface area contributed by atoms with Crippen molar-refractivity contribution in [3.05, 3.63) is 23.2 Å². The normalized spacial score (nSPS) is 20.8. The van der Waals surface area contributed by atoms with Gasteiger partial charge in [-0.15, -0.1) is 0 Å². The van der Waals surface area contributed by atoms with Gasteiger partial charge in [-0.1, -0.05) is 23.4 Å². The Hall–Kier alpha value is -0.910. The van der Waals surface area contributed by atoms with Gasteiger partial charge in [0.1, 0.15) is 5.75 Å². The van der Waals surface area contributed by atoms with E-state index in [2.05, 4.69) is 5.32 Å². The van der Waals surface area contributed by atoms with E-state index in [0.29, 0.717) is 5.02 Å². The molecule has 1 aromatic rings. The minimum Gasteiger partial charge on any atom is -0.497 e. The number of ether oxygens (including phenoxy) is 2. The van der Waals surface area contributed by atoms with E-state index >= 15 is 0 Å². The number of aliphatic imine (C=N–C) groups is 1. The van der Waals surface area contributed by atoms with Crippen LogP contribution in [0.15, 0.2) is 23.2 Å². The van der Waals surface area contributed by atoms with Gasteiger partial charge in [-0.2, -0.15) is 0 Å². The molecule has 1 saturated heterocycles. The molecule has 0 radical (unpaired) electrons. The van der Waals surface area contributed by atoms with E-state index in [1.807, 2.05) is 18.2 Å². The zero-order chi connectivity index (χ0) is 14.0. The summed E-state index contributed by atoms with van der Waals surface area (Å²) in [6.45, 7) is 1.61. The van der Waals surface area contributed by atoms with E-state index in [1.54, 1.807) is 18.9 Å². The molecule has 1 fully saturated rings. The number of amidine groups is 1. The fourth-order valence-corrected chi connectivity index (χ4v) is 3.76. The molecule has 108 valence electrons. The molecule has 2 aliphatic rings. The highest BCUT2D eigenvalue weighted by atomic mass is 35.5. The fraction of sp³-hybridized carbons (Fsp3) is 0.500. The van der Waals surface area contributed by atoms with E-state index in [4.69, 9.17) is 26.1 Å². The van der Waals surface area contributed by atoms with Gasteiger partial charge in [0.15, 0.2) is 5.17 Å². The van der Waals surface area contributed by atoms with Gasteiger partial charge in [-0.3, -0.25) is 4.99 Å². The van der Waals surface area contributed by atoms with Crippen LogP contribution in [0.2, 0.25) is 5.02 Å². The third kappa shape index (κ3) is 2.90. The lowest BCUT2D eigenvalue weighted by Crippen LogP contribution is -2.34. The first-order valence-corrected chi connectivity index (χ1v) is 7.98. The Morgan fingerprint density at radius 3 is 2.95 bits per heavy atom. The summed E-state index contributed by atoms with van der Waals surface area (Å²) in [7, 11) is 1.64. The predicted molar refractivity (Wildman–Crippen MR) is 84.3 cm³/mol. The summed E-state index contributed by atoms with van der Waals surface area (Å²) in [5.74, 6) is 1.79. The summed E-state index contributed by atoms with van der Waals surface area (Å²) < 4.78 is 10.6. The number of methoxy groups -OCH3 is 1. The van der Waals surface area contributed by atoms with Gasteiger partial charge in [0.25, 0.3) is 0 Å². The van der Waals surface area contributed by atoms with Crippen molar-refractivity contribution in [3.8, 4) is 5.75 Å². The van der Waals surface area contributed by atoms with Crippen LogP contribution in [0.3, 0.4) is 0 Å². The first-order chi connectivity index (χ1) is 9.71. The van der Waals surface area contributed by atoms with E-state index in [1.165, 1.54) is 0 Å². The molecule has 1 spiro atoms. The lowest BCUT2D eigenvalue weighted by molar-refractivity contribution is 0.0624. The number of nitrogens with zero attached hydrogens (tertiary/aromatic N) is 1. The van der Waals surface area contributed by atoms with E-state index in [9.17, 15) is 0 Å². The number of hydrogen-bond donors (Lipinski definition) is 1. The first-order valence-electron chi connectivity index (χ1n) is 6.62. The van der Waals surface area contributed by atoms with E-state index < -0.39 is 0 Å². The zero-order valence-corrected chi connectivity index (χ0v) is 12.9. The lowest BCUT2D eigenvalue weighted by Gasteiger charge is -2.29. The molecule has 0 unspecified atom stereocenters. The Kier molecular flexibility index (Phi) is 4.10. The summed E-state index contributed by atoms with van der Waals surface area (Å²) in [6, 6.07) is 5.56. The maximum Gasteiger partial charge on any atom is 0.161 e. The molecule has 1 aromatic carbocycles. The molecule has 0 saturated carbocycles. The SMILES string of the molecule is COc1ccc(Cl)c(NC2=NC3(CCOCC3)CS2)c1. The number of anilines is 1. The van der Waals surface area contributed by atoms with Crippen LogP contribution in [0.25, 0.3) is 0 Å².